The summed E-state index contributed by atoms with van der Waals surface area (Å²) in [5, 5.41) is 0.398. The van der Waals surface area contributed by atoms with Gasteiger partial charge in [0.1, 0.15) is 5.56 Å². The highest BCUT2D eigenvalue weighted by Crippen LogP contribution is 2.27. The third kappa shape index (κ3) is 3.05. The molecule has 0 aliphatic heterocycles. The van der Waals surface area contributed by atoms with Crippen LogP contribution in [0.4, 0.5) is 0 Å². The molecule has 24 heavy (non-hydrogen) atoms. The summed E-state index contributed by atoms with van der Waals surface area (Å²) in [6.07, 6.45) is 0. The fraction of sp³-hybridized carbons (Fsp3) is 0.294. The second-order valence-corrected chi connectivity index (χ2v) is 4.93. The standard InChI is InChI=1S/C17H17NO6/c1-5-24-17(21)14-13(16(20)23-4)12(15(19)22-3)10-8-9(2)6-7-11(10)18-14/h6-8H,5H2,1-4H3. The Morgan fingerprint density at radius 2 is 1.62 bits per heavy atom. The predicted molar refractivity (Wildman–Crippen MR) is 85.1 cm³/mol. The van der Waals surface area contributed by atoms with Crippen molar-refractivity contribution in [3.63, 3.8) is 0 Å². The largest absolute Gasteiger partial charge is 0.465 e. The van der Waals surface area contributed by atoms with E-state index in [1.165, 1.54) is 7.11 Å². The van der Waals surface area contributed by atoms with Crippen molar-refractivity contribution in [3.05, 3.63) is 40.6 Å². The number of ether oxygens (including phenoxy) is 3. The fourth-order valence-corrected chi connectivity index (χ4v) is 2.34. The van der Waals surface area contributed by atoms with Gasteiger partial charge in [-0.15, -0.1) is 0 Å². The second-order valence-electron chi connectivity index (χ2n) is 4.93. The van der Waals surface area contributed by atoms with E-state index in [9.17, 15) is 14.4 Å². The van der Waals surface area contributed by atoms with Gasteiger partial charge in [-0.25, -0.2) is 19.4 Å². The predicted octanol–water partition coefficient (Wildman–Crippen LogP) is 2.29. The van der Waals surface area contributed by atoms with Gasteiger partial charge < -0.3 is 14.2 Å². The van der Waals surface area contributed by atoms with Crippen molar-refractivity contribution < 1.29 is 28.6 Å². The van der Waals surface area contributed by atoms with Crippen LogP contribution in [0.15, 0.2) is 18.2 Å². The Bertz CT molecular complexity index is 827. The van der Waals surface area contributed by atoms with Crippen molar-refractivity contribution in [2.24, 2.45) is 0 Å². The minimum Gasteiger partial charge on any atom is -0.465 e. The third-order valence-corrected chi connectivity index (χ3v) is 3.39. The fourth-order valence-electron chi connectivity index (χ4n) is 2.34. The maximum Gasteiger partial charge on any atom is 0.357 e. The molecule has 0 saturated heterocycles. The topological polar surface area (TPSA) is 91.8 Å². The summed E-state index contributed by atoms with van der Waals surface area (Å²) in [5.74, 6) is -2.45. The van der Waals surface area contributed by atoms with Crippen LogP contribution in [0, 0.1) is 6.92 Å². The highest BCUT2D eigenvalue weighted by Gasteiger charge is 2.30. The van der Waals surface area contributed by atoms with Crippen LogP contribution in [-0.2, 0) is 14.2 Å². The summed E-state index contributed by atoms with van der Waals surface area (Å²) < 4.78 is 14.5. The molecule has 126 valence electrons. The molecule has 0 radical (unpaired) electrons. The molecule has 0 amide bonds. The second kappa shape index (κ2) is 7.08. The first kappa shape index (κ1) is 17.4. The molecule has 0 spiro atoms. The number of methoxy groups -OCH3 is 2. The Labute approximate surface area is 138 Å². The number of aromatic nitrogens is 1. The molecule has 0 atom stereocenters. The monoisotopic (exact) mass is 331 g/mol. The lowest BCUT2D eigenvalue weighted by Gasteiger charge is -2.14. The summed E-state index contributed by atoms with van der Waals surface area (Å²) in [5.41, 5.74) is 0.619. The molecule has 0 aliphatic rings. The normalized spacial score (nSPS) is 10.3. The third-order valence-electron chi connectivity index (χ3n) is 3.39. The first-order valence-corrected chi connectivity index (χ1v) is 7.22. The van der Waals surface area contributed by atoms with Crippen molar-refractivity contribution in [3.8, 4) is 0 Å². The van der Waals surface area contributed by atoms with Crippen molar-refractivity contribution in [2.75, 3.05) is 20.8 Å². The van der Waals surface area contributed by atoms with E-state index in [-0.39, 0.29) is 23.4 Å². The number of benzene rings is 1. The van der Waals surface area contributed by atoms with Crippen molar-refractivity contribution in [1.82, 2.24) is 4.98 Å². The van der Waals surface area contributed by atoms with Gasteiger partial charge in [0.25, 0.3) is 0 Å². The molecule has 0 aliphatic carbocycles. The number of rotatable bonds is 4. The van der Waals surface area contributed by atoms with Crippen molar-refractivity contribution >= 4 is 28.8 Å². The molecule has 1 aromatic carbocycles. The van der Waals surface area contributed by atoms with Crippen LogP contribution >= 0.6 is 0 Å². The SMILES string of the molecule is CCOC(=O)c1nc2ccc(C)cc2c(C(=O)OC)c1C(=O)OC. The number of hydrogen-bond donors (Lipinski definition) is 0. The van der Waals surface area contributed by atoms with Crippen LogP contribution in [0.3, 0.4) is 0 Å². The van der Waals surface area contributed by atoms with Crippen LogP contribution in [0.2, 0.25) is 0 Å². The smallest absolute Gasteiger partial charge is 0.357 e. The molecule has 1 heterocycles. The van der Waals surface area contributed by atoms with Crippen LogP contribution in [-0.4, -0.2) is 43.7 Å². The summed E-state index contributed by atoms with van der Waals surface area (Å²) in [6, 6.07) is 5.12. The van der Waals surface area contributed by atoms with E-state index < -0.39 is 17.9 Å². The quantitative estimate of drug-likeness (QED) is 0.627. The van der Waals surface area contributed by atoms with Gasteiger partial charge in [-0.3, -0.25) is 0 Å². The molecule has 0 unspecified atom stereocenters. The number of hydrogen-bond acceptors (Lipinski definition) is 7. The lowest BCUT2D eigenvalue weighted by molar-refractivity contribution is 0.0493. The van der Waals surface area contributed by atoms with Gasteiger partial charge in [0.2, 0.25) is 0 Å². The van der Waals surface area contributed by atoms with Gasteiger partial charge in [0, 0.05) is 5.39 Å². The number of carbonyl (C=O) groups is 3. The molecule has 0 fully saturated rings. The Morgan fingerprint density at radius 3 is 2.21 bits per heavy atom. The Morgan fingerprint density at radius 1 is 1.00 bits per heavy atom. The zero-order valence-electron chi connectivity index (χ0n) is 13.8. The van der Waals surface area contributed by atoms with Crippen molar-refractivity contribution in [2.45, 2.75) is 13.8 Å². The van der Waals surface area contributed by atoms with Crippen molar-refractivity contribution in [1.29, 1.82) is 0 Å². The summed E-state index contributed by atoms with van der Waals surface area (Å²) in [7, 11) is 2.34. The van der Waals surface area contributed by atoms with Crippen LogP contribution in [0.1, 0.15) is 43.7 Å². The molecule has 0 bridgehead atoms. The average Bonchev–Trinajstić information content (AvgIpc) is 2.58. The first-order valence-electron chi connectivity index (χ1n) is 7.22. The zero-order valence-corrected chi connectivity index (χ0v) is 13.8. The molecule has 7 nitrogen and oxygen atoms in total. The van der Waals surface area contributed by atoms with Crippen LogP contribution in [0.5, 0.6) is 0 Å². The summed E-state index contributed by atoms with van der Waals surface area (Å²) >= 11 is 0. The molecule has 2 rings (SSSR count). The van der Waals surface area contributed by atoms with E-state index in [1.807, 2.05) is 6.92 Å². The number of aryl methyl sites for hydroxylation is 1. The number of esters is 3. The number of fused-ring (bicyclic) bond motifs is 1. The molecule has 2 aromatic rings. The molecule has 1 aromatic heterocycles. The maximum absolute atomic E-state index is 12.3. The first-order chi connectivity index (χ1) is 11.4. The minimum atomic E-state index is -0.866. The number of nitrogens with zero attached hydrogens (tertiary/aromatic N) is 1. The van der Waals surface area contributed by atoms with Gasteiger partial charge in [0.15, 0.2) is 5.69 Å². The van der Waals surface area contributed by atoms with E-state index >= 15 is 0 Å². The average molecular weight is 331 g/mol. The van der Waals surface area contributed by atoms with E-state index in [1.54, 1.807) is 25.1 Å². The van der Waals surface area contributed by atoms with E-state index in [2.05, 4.69) is 4.98 Å². The van der Waals surface area contributed by atoms with Crippen LogP contribution in [0.25, 0.3) is 10.9 Å². The molecule has 0 N–H and O–H groups in total. The number of carbonyl (C=O) groups excluding carboxylic acids is 3. The summed E-state index contributed by atoms with van der Waals surface area (Å²) in [4.78, 5) is 41.0. The minimum absolute atomic E-state index is 0.0684. The Balaban J connectivity index is 2.95. The number of pyridine rings is 1. The summed E-state index contributed by atoms with van der Waals surface area (Å²) in [6.45, 7) is 3.56. The zero-order chi connectivity index (χ0) is 17.9. The Kier molecular flexibility index (Phi) is 5.13. The van der Waals surface area contributed by atoms with E-state index in [0.29, 0.717) is 10.9 Å². The van der Waals surface area contributed by atoms with Gasteiger partial charge in [-0.05, 0) is 26.0 Å². The molecular weight excluding hydrogens is 314 g/mol. The van der Waals surface area contributed by atoms with Gasteiger partial charge in [0.05, 0.1) is 31.9 Å². The van der Waals surface area contributed by atoms with Gasteiger partial charge in [-0.2, -0.15) is 0 Å². The van der Waals surface area contributed by atoms with Gasteiger partial charge >= 0.3 is 17.9 Å². The maximum atomic E-state index is 12.3. The van der Waals surface area contributed by atoms with E-state index in [0.717, 1.165) is 12.7 Å². The molecule has 0 saturated carbocycles. The lowest BCUT2D eigenvalue weighted by Crippen LogP contribution is -2.21. The Hall–Kier alpha value is -2.96. The highest BCUT2D eigenvalue weighted by atomic mass is 16.5. The molecular formula is C17H17NO6. The van der Waals surface area contributed by atoms with Crippen LogP contribution < -0.4 is 0 Å². The lowest BCUT2D eigenvalue weighted by atomic mass is 9.98. The van der Waals surface area contributed by atoms with E-state index in [4.69, 9.17) is 14.2 Å². The van der Waals surface area contributed by atoms with Gasteiger partial charge in [-0.1, -0.05) is 11.6 Å². The molecule has 7 heteroatoms. The highest BCUT2D eigenvalue weighted by molar-refractivity contribution is 6.16.